The van der Waals surface area contributed by atoms with E-state index in [0.29, 0.717) is 12.2 Å². The van der Waals surface area contributed by atoms with Gasteiger partial charge in [-0.1, -0.05) is 24.2 Å². The van der Waals surface area contributed by atoms with Crippen molar-refractivity contribution in [3.63, 3.8) is 0 Å². The number of benzene rings is 1. The lowest BCUT2D eigenvalue weighted by atomic mass is 10.1. The molecule has 0 N–H and O–H groups in total. The van der Waals surface area contributed by atoms with Crippen LogP contribution in [0.1, 0.15) is 49.5 Å². The topological polar surface area (TPSA) is 42.2 Å². The number of hydrogen-bond acceptors (Lipinski definition) is 4. The van der Waals surface area contributed by atoms with Gasteiger partial charge in [0.05, 0.1) is 6.04 Å². The molecule has 1 fully saturated rings. The van der Waals surface area contributed by atoms with Gasteiger partial charge in [0, 0.05) is 6.42 Å². The van der Waals surface area contributed by atoms with Crippen LogP contribution in [0.3, 0.4) is 0 Å². The molecule has 0 amide bonds. The van der Waals surface area contributed by atoms with E-state index in [0.717, 1.165) is 37.4 Å². The molecule has 0 spiro atoms. The predicted molar refractivity (Wildman–Crippen MR) is 77.3 cm³/mol. The molecule has 21 heavy (non-hydrogen) atoms. The number of likely N-dealkylation sites (tertiary alicyclic amines) is 1. The maximum absolute atomic E-state index is 12.9. The van der Waals surface area contributed by atoms with Crippen LogP contribution in [-0.4, -0.2) is 28.1 Å². The van der Waals surface area contributed by atoms with Crippen LogP contribution in [0, 0.1) is 5.82 Å². The summed E-state index contributed by atoms with van der Waals surface area (Å²) in [7, 11) is 0. The second-order valence-corrected chi connectivity index (χ2v) is 5.55. The van der Waals surface area contributed by atoms with E-state index in [1.807, 2.05) is 0 Å². The van der Waals surface area contributed by atoms with Crippen molar-refractivity contribution >= 4 is 0 Å². The molecule has 5 heteroatoms. The highest BCUT2D eigenvalue weighted by Gasteiger charge is 2.29. The molecule has 1 aliphatic rings. The zero-order valence-corrected chi connectivity index (χ0v) is 12.3. The molecule has 112 valence electrons. The summed E-state index contributed by atoms with van der Waals surface area (Å²) in [6.45, 7) is 4.36. The summed E-state index contributed by atoms with van der Waals surface area (Å²) in [5, 5.41) is 4.07. The van der Waals surface area contributed by atoms with Crippen molar-refractivity contribution in [3.05, 3.63) is 47.4 Å². The smallest absolute Gasteiger partial charge is 0.244 e. The van der Waals surface area contributed by atoms with E-state index in [1.165, 1.54) is 18.6 Å². The molecule has 1 aliphatic heterocycles. The van der Waals surface area contributed by atoms with E-state index in [-0.39, 0.29) is 11.9 Å². The summed E-state index contributed by atoms with van der Waals surface area (Å²) in [4.78, 5) is 6.94. The number of hydrogen-bond donors (Lipinski definition) is 0. The van der Waals surface area contributed by atoms with Gasteiger partial charge < -0.3 is 4.52 Å². The van der Waals surface area contributed by atoms with Crippen LogP contribution in [-0.2, 0) is 6.42 Å². The van der Waals surface area contributed by atoms with Gasteiger partial charge >= 0.3 is 0 Å². The van der Waals surface area contributed by atoms with E-state index in [9.17, 15) is 4.39 Å². The largest absolute Gasteiger partial charge is 0.338 e. The van der Waals surface area contributed by atoms with Crippen LogP contribution >= 0.6 is 0 Å². The van der Waals surface area contributed by atoms with Crippen LogP contribution < -0.4 is 0 Å². The Bertz CT molecular complexity index is 581. The highest BCUT2D eigenvalue weighted by Crippen LogP contribution is 2.30. The minimum atomic E-state index is -0.228. The SMILES string of the molecule is CCCN1CCC[C@@H]1c1nc(Cc2ccc(F)cc2)no1. The van der Waals surface area contributed by atoms with Crippen molar-refractivity contribution < 1.29 is 8.91 Å². The lowest BCUT2D eigenvalue weighted by Gasteiger charge is -2.20. The second kappa shape index (κ2) is 6.35. The molecule has 0 aliphatic carbocycles. The Morgan fingerprint density at radius 3 is 2.90 bits per heavy atom. The average Bonchev–Trinajstić information content (AvgIpc) is 3.11. The highest BCUT2D eigenvalue weighted by atomic mass is 19.1. The first-order chi connectivity index (χ1) is 10.3. The summed E-state index contributed by atoms with van der Waals surface area (Å²) in [6.07, 6.45) is 3.97. The molecule has 0 unspecified atom stereocenters. The van der Waals surface area contributed by atoms with E-state index in [4.69, 9.17) is 4.52 Å². The monoisotopic (exact) mass is 289 g/mol. The molecule has 2 aromatic rings. The second-order valence-electron chi connectivity index (χ2n) is 5.55. The van der Waals surface area contributed by atoms with Crippen LogP contribution in [0.5, 0.6) is 0 Å². The fourth-order valence-electron chi connectivity index (χ4n) is 2.92. The number of aromatic nitrogens is 2. The van der Waals surface area contributed by atoms with Gasteiger partial charge in [-0.05, 0) is 50.0 Å². The zero-order chi connectivity index (χ0) is 14.7. The summed E-state index contributed by atoms with van der Waals surface area (Å²) in [6, 6.07) is 6.68. The van der Waals surface area contributed by atoms with E-state index in [1.54, 1.807) is 12.1 Å². The molecular formula is C16H20FN3O. The van der Waals surface area contributed by atoms with Gasteiger partial charge in [-0.3, -0.25) is 4.90 Å². The zero-order valence-electron chi connectivity index (χ0n) is 12.3. The molecule has 4 nitrogen and oxygen atoms in total. The lowest BCUT2D eigenvalue weighted by molar-refractivity contribution is 0.208. The Hall–Kier alpha value is -1.75. The Balaban J connectivity index is 1.69. The normalized spacial score (nSPS) is 19.2. The molecule has 0 saturated carbocycles. The third kappa shape index (κ3) is 3.29. The Morgan fingerprint density at radius 1 is 1.33 bits per heavy atom. The summed E-state index contributed by atoms with van der Waals surface area (Å²) < 4.78 is 18.3. The standard InChI is InChI=1S/C16H20FN3O/c1-2-9-20-10-3-4-14(20)16-18-15(19-21-16)11-12-5-7-13(17)8-6-12/h5-8,14H,2-4,9-11H2,1H3/t14-/m1/s1. The highest BCUT2D eigenvalue weighted by molar-refractivity contribution is 5.19. The van der Waals surface area contributed by atoms with Crippen molar-refractivity contribution in [2.24, 2.45) is 0 Å². The van der Waals surface area contributed by atoms with E-state index >= 15 is 0 Å². The Labute approximate surface area is 124 Å². The molecule has 1 saturated heterocycles. The van der Waals surface area contributed by atoms with Gasteiger partial charge in [0.25, 0.3) is 0 Å². The maximum Gasteiger partial charge on any atom is 0.244 e. The van der Waals surface area contributed by atoms with Gasteiger partial charge in [-0.25, -0.2) is 4.39 Å². The molecule has 1 aromatic carbocycles. The van der Waals surface area contributed by atoms with Crippen LogP contribution in [0.4, 0.5) is 4.39 Å². The molecule has 3 rings (SSSR count). The summed E-state index contributed by atoms with van der Waals surface area (Å²) in [5.74, 6) is 1.16. The fourth-order valence-corrected chi connectivity index (χ4v) is 2.92. The van der Waals surface area contributed by atoms with Gasteiger partial charge in [0.2, 0.25) is 5.89 Å². The average molecular weight is 289 g/mol. The predicted octanol–water partition coefficient (Wildman–Crippen LogP) is 3.35. The number of rotatable bonds is 5. The number of nitrogens with zero attached hydrogens (tertiary/aromatic N) is 3. The van der Waals surface area contributed by atoms with Crippen molar-refractivity contribution in [3.8, 4) is 0 Å². The fraction of sp³-hybridized carbons (Fsp3) is 0.500. The third-order valence-electron chi connectivity index (χ3n) is 3.92. The summed E-state index contributed by atoms with van der Waals surface area (Å²) in [5.41, 5.74) is 0.987. The molecule has 2 heterocycles. The number of halogens is 1. The quantitative estimate of drug-likeness (QED) is 0.846. The molecule has 1 aromatic heterocycles. The first kappa shape index (κ1) is 14.2. The molecule has 0 bridgehead atoms. The summed E-state index contributed by atoms with van der Waals surface area (Å²) >= 11 is 0. The van der Waals surface area contributed by atoms with E-state index < -0.39 is 0 Å². The Morgan fingerprint density at radius 2 is 2.14 bits per heavy atom. The minimum Gasteiger partial charge on any atom is -0.338 e. The van der Waals surface area contributed by atoms with Gasteiger partial charge in [0.1, 0.15) is 5.82 Å². The van der Waals surface area contributed by atoms with Crippen LogP contribution in [0.2, 0.25) is 0 Å². The molecular weight excluding hydrogens is 269 g/mol. The van der Waals surface area contributed by atoms with Crippen molar-refractivity contribution in [2.75, 3.05) is 13.1 Å². The van der Waals surface area contributed by atoms with E-state index in [2.05, 4.69) is 22.0 Å². The molecule has 0 radical (unpaired) electrons. The maximum atomic E-state index is 12.9. The van der Waals surface area contributed by atoms with Crippen LogP contribution in [0.15, 0.2) is 28.8 Å². The minimum absolute atomic E-state index is 0.228. The van der Waals surface area contributed by atoms with Crippen molar-refractivity contribution in [1.29, 1.82) is 0 Å². The Kier molecular flexibility index (Phi) is 4.29. The molecule has 1 atom stereocenters. The van der Waals surface area contributed by atoms with Gasteiger partial charge in [0.15, 0.2) is 5.82 Å². The van der Waals surface area contributed by atoms with Crippen molar-refractivity contribution in [1.82, 2.24) is 15.0 Å². The van der Waals surface area contributed by atoms with Crippen molar-refractivity contribution in [2.45, 2.75) is 38.6 Å². The van der Waals surface area contributed by atoms with Gasteiger partial charge in [-0.2, -0.15) is 4.98 Å². The third-order valence-corrected chi connectivity index (χ3v) is 3.92. The lowest BCUT2D eigenvalue weighted by Crippen LogP contribution is -2.24. The first-order valence-corrected chi connectivity index (χ1v) is 7.57. The first-order valence-electron chi connectivity index (χ1n) is 7.57. The van der Waals surface area contributed by atoms with Gasteiger partial charge in [-0.15, -0.1) is 0 Å². The van der Waals surface area contributed by atoms with Crippen LogP contribution in [0.25, 0.3) is 0 Å².